The normalized spacial score (nSPS) is 10.3. The molecule has 2 aromatic rings. The molecule has 3 N–H and O–H groups in total. The van der Waals surface area contributed by atoms with Gasteiger partial charge in [-0.25, -0.2) is 9.59 Å². The predicted molar refractivity (Wildman–Crippen MR) is 87.8 cm³/mol. The van der Waals surface area contributed by atoms with Crippen molar-refractivity contribution in [2.75, 3.05) is 11.9 Å². The van der Waals surface area contributed by atoms with E-state index in [1.807, 2.05) is 4.98 Å². The summed E-state index contributed by atoms with van der Waals surface area (Å²) in [6, 6.07) is 4.09. The van der Waals surface area contributed by atoms with Crippen LogP contribution in [0.5, 0.6) is 0 Å². The summed E-state index contributed by atoms with van der Waals surface area (Å²) in [7, 11) is 0. The van der Waals surface area contributed by atoms with Crippen LogP contribution in [0.4, 0.5) is 5.69 Å². The molecule has 0 aliphatic rings. The molecule has 1 heterocycles. The molecular formula is C14H11Cl2N3O5. The van der Waals surface area contributed by atoms with Crippen molar-refractivity contribution in [1.82, 2.24) is 9.97 Å². The number of rotatable bonds is 4. The fourth-order valence-electron chi connectivity index (χ4n) is 1.73. The van der Waals surface area contributed by atoms with Crippen molar-refractivity contribution < 1.29 is 14.3 Å². The third-order valence-electron chi connectivity index (χ3n) is 2.86. The number of hydrogen-bond donors (Lipinski definition) is 3. The Labute approximate surface area is 144 Å². The molecule has 1 amide bonds. The summed E-state index contributed by atoms with van der Waals surface area (Å²) in [5, 5.41) is 2.92. The van der Waals surface area contributed by atoms with Crippen LogP contribution in [-0.4, -0.2) is 28.5 Å². The number of aromatic nitrogens is 2. The fourth-order valence-corrected chi connectivity index (χ4v) is 2.20. The highest BCUT2D eigenvalue weighted by molar-refractivity contribution is 6.40. The van der Waals surface area contributed by atoms with Crippen molar-refractivity contribution in [3.05, 3.63) is 60.3 Å². The first-order valence-corrected chi connectivity index (χ1v) is 7.28. The van der Waals surface area contributed by atoms with E-state index in [0.717, 1.165) is 6.07 Å². The van der Waals surface area contributed by atoms with Crippen LogP contribution in [0.3, 0.4) is 0 Å². The van der Waals surface area contributed by atoms with Crippen molar-refractivity contribution in [3.8, 4) is 0 Å². The zero-order valence-corrected chi connectivity index (χ0v) is 13.7. The molecule has 10 heteroatoms. The van der Waals surface area contributed by atoms with E-state index in [2.05, 4.69) is 10.3 Å². The van der Waals surface area contributed by atoms with Crippen LogP contribution < -0.4 is 16.6 Å². The summed E-state index contributed by atoms with van der Waals surface area (Å²) < 4.78 is 4.72. The number of amides is 1. The van der Waals surface area contributed by atoms with Gasteiger partial charge in [-0.2, -0.15) is 0 Å². The lowest BCUT2D eigenvalue weighted by Gasteiger charge is -2.11. The number of halogens is 2. The molecule has 0 unspecified atom stereocenters. The van der Waals surface area contributed by atoms with E-state index in [1.54, 1.807) is 19.1 Å². The maximum absolute atomic E-state index is 11.9. The smallest absolute Gasteiger partial charge is 0.355 e. The molecular weight excluding hydrogens is 361 g/mol. The van der Waals surface area contributed by atoms with Gasteiger partial charge in [-0.3, -0.25) is 14.6 Å². The largest absolute Gasteiger partial charge is 0.451 e. The Morgan fingerprint density at radius 2 is 1.92 bits per heavy atom. The quantitative estimate of drug-likeness (QED) is 0.702. The maximum Gasteiger partial charge on any atom is 0.355 e. The summed E-state index contributed by atoms with van der Waals surface area (Å²) in [5.41, 5.74) is -1.10. The van der Waals surface area contributed by atoms with Crippen molar-refractivity contribution in [2.45, 2.75) is 6.92 Å². The van der Waals surface area contributed by atoms with Crippen molar-refractivity contribution in [3.63, 3.8) is 0 Å². The monoisotopic (exact) mass is 371 g/mol. The third kappa shape index (κ3) is 4.24. The summed E-state index contributed by atoms with van der Waals surface area (Å²) in [6.07, 6.45) is 0. The van der Waals surface area contributed by atoms with E-state index >= 15 is 0 Å². The van der Waals surface area contributed by atoms with Crippen molar-refractivity contribution in [2.24, 2.45) is 0 Å². The number of H-pyrrole nitrogens is 2. The summed E-state index contributed by atoms with van der Waals surface area (Å²) >= 11 is 12.0. The molecule has 126 valence electrons. The lowest BCUT2D eigenvalue weighted by Crippen LogP contribution is -2.27. The SMILES string of the molecule is Cc1ccc(Cl)c(NC(=O)COC(=O)c2cc(=O)[nH]c(=O)[nH]2)c1Cl. The standard InChI is InChI=1S/C14H11Cl2N3O5/c1-6-2-3-7(15)12(11(6)16)18-10(21)5-24-13(22)8-4-9(20)19-14(23)17-8/h2-4H,5H2,1H3,(H,18,21)(H2,17,19,20,23). The number of carbonyl (C=O) groups is 2. The molecule has 1 aromatic carbocycles. The van der Waals surface area contributed by atoms with E-state index in [4.69, 9.17) is 27.9 Å². The van der Waals surface area contributed by atoms with Crippen LogP contribution >= 0.6 is 23.2 Å². The second-order valence-corrected chi connectivity index (χ2v) is 5.46. The minimum absolute atomic E-state index is 0.198. The van der Waals surface area contributed by atoms with Crippen LogP contribution in [0, 0.1) is 6.92 Å². The zero-order chi connectivity index (χ0) is 17.9. The Hall–Kier alpha value is -2.58. The Balaban J connectivity index is 2.04. The molecule has 0 aliphatic carbocycles. The van der Waals surface area contributed by atoms with Gasteiger partial charge in [0, 0.05) is 6.07 Å². The first-order valence-electron chi connectivity index (χ1n) is 6.53. The van der Waals surface area contributed by atoms with Gasteiger partial charge < -0.3 is 15.0 Å². The van der Waals surface area contributed by atoms with Gasteiger partial charge in [0.1, 0.15) is 5.69 Å². The number of aryl methyl sites for hydroxylation is 1. The summed E-state index contributed by atoms with van der Waals surface area (Å²) in [4.78, 5) is 49.7. The molecule has 0 saturated carbocycles. The summed E-state index contributed by atoms with van der Waals surface area (Å²) in [6.45, 7) is 1.08. The maximum atomic E-state index is 11.9. The lowest BCUT2D eigenvalue weighted by atomic mass is 10.2. The van der Waals surface area contributed by atoms with E-state index in [0.29, 0.717) is 5.56 Å². The molecule has 2 rings (SSSR count). The number of ether oxygens (including phenoxy) is 1. The minimum Gasteiger partial charge on any atom is -0.451 e. The molecule has 0 atom stereocenters. The molecule has 8 nitrogen and oxygen atoms in total. The predicted octanol–water partition coefficient (Wildman–Crippen LogP) is 1.47. The third-order valence-corrected chi connectivity index (χ3v) is 3.67. The Bertz CT molecular complexity index is 891. The van der Waals surface area contributed by atoms with Crippen molar-refractivity contribution >= 4 is 40.8 Å². The average Bonchev–Trinajstić information content (AvgIpc) is 2.52. The molecule has 0 bridgehead atoms. The Morgan fingerprint density at radius 3 is 2.58 bits per heavy atom. The van der Waals surface area contributed by atoms with E-state index in [9.17, 15) is 19.2 Å². The van der Waals surface area contributed by atoms with Crippen LogP contribution in [0.15, 0.2) is 27.8 Å². The number of nitrogens with one attached hydrogen (secondary N) is 3. The topological polar surface area (TPSA) is 121 Å². The first kappa shape index (κ1) is 17.8. The van der Waals surface area contributed by atoms with Crippen molar-refractivity contribution in [1.29, 1.82) is 0 Å². The van der Waals surface area contributed by atoms with Gasteiger partial charge in [0.25, 0.3) is 11.5 Å². The minimum atomic E-state index is -1.03. The van der Waals surface area contributed by atoms with Gasteiger partial charge >= 0.3 is 11.7 Å². The van der Waals surface area contributed by atoms with Gasteiger partial charge in [-0.05, 0) is 18.6 Å². The van der Waals surface area contributed by atoms with E-state index in [1.165, 1.54) is 0 Å². The number of hydrogen-bond acceptors (Lipinski definition) is 5. The molecule has 0 aliphatic heterocycles. The number of carbonyl (C=O) groups excluding carboxylic acids is 2. The zero-order valence-electron chi connectivity index (χ0n) is 12.2. The molecule has 0 radical (unpaired) electrons. The van der Waals surface area contributed by atoms with Crippen LogP contribution in [0.25, 0.3) is 0 Å². The number of benzene rings is 1. The first-order chi connectivity index (χ1) is 11.3. The Kier molecular flexibility index (Phi) is 5.42. The molecule has 24 heavy (non-hydrogen) atoms. The van der Waals surface area contributed by atoms with E-state index in [-0.39, 0.29) is 21.4 Å². The molecule has 1 aromatic heterocycles. The molecule has 0 fully saturated rings. The second-order valence-electron chi connectivity index (χ2n) is 4.68. The van der Waals surface area contributed by atoms with Crippen LogP contribution in [0.1, 0.15) is 16.1 Å². The highest BCUT2D eigenvalue weighted by Crippen LogP contribution is 2.32. The highest BCUT2D eigenvalue weighted by Gasteiger charge is 2.15. The van der Waals surface area contributed by atoms with Gasteiger partial charge in [0.15, 0.2) is 6.61 Å². The van der Waals surface area contributed by atoms with Gasteiger partial charge in [-0.15, -0.1) is 0 Å². The molecule has 0 saturated heterocycles. The number of aromatic amines is 2. The molecule has 0 spiro atoms. The van der Waals surface area contributed by atoms with Gasteiger partial charge in [0.2, 0.25) is 0 Å². The van der Waals surface area contributed by atoms with E-state index < -0.39 is 29.7 Å². The fraction of sp³-hybridized carbons (Fsp3) is 0.143. The number of esters is 1. The van der Waals surface area contributed by atoms with Crippen LogP contribution in [0.2, 0.25) is 10.0 Å². The lowest BCUT2D eigenvalue weighted by molar-refractivity contribution is -0.119. The number of anilines is 1. The highest BCUT2D eigenvalue weighted by atomic mass is 35.5. The second kappa shape index (κ2) is 7.33. The van der Waals surface area contributed by atoms with Gasteiger partial charge in [0.05, 0.1) is 15.7 Å². The van der Waals surface area contributed by atoms with Gasteiger partial charge in [-0.1, -0.05) is 29.3 Å². The van der Waals surface area contributed by atoms with Crippen LogP contribution in [-0.2, 0) is 9.53 Å². The average molecular weight is 372 g/mol. The summed E-state index contributed by atoms with van der Waals surface area (Å²) in [5.74, 6) is -1.72. The Morgan fingerprint density at radius 1 is 1.21 bits per heavy atom.